The summed E-state index contributed by atoms with van der Waals surface area (Å²) in [7, 11) is 0. The molecule has 1 aliphatic heterocycles. The fraction of sp³-hybridized carbons (Fsp3) is 0.294. The second-order valence-electron chi connectivity index (χ2n) is 6.03. The lowest BCUT2D eigenvalue weighted by molar-refractivity contribution is -0.116. The van der Waals surface area contributed by atoms with E-state index in [0.29, 0.717) is 18.2 Å². The van der Waals surface area contributed by atoms with Crippen molar-refractivity contribution < 1.29 is 4.79 Å². The molecule has 1 aliphatic rings. The van der Waals surface area contributed by atoms with Crippen molar-refractivity contribution in [1.82, 2.24) is 19.7 Å². The van der Waals surface area contributed by atoms with Crippen LogP contribution in [0.15, 0.2) is 23.6 Å². The maximum atomic E-state index is 12.3. The molecule has 0 fully saturated rings. The number of hydrogen-bond acceptors (Lipinski definition) is 5. The zero-order valence-corrected chi connectivity index (χ0v) is 14.5. The van der Waals surface area contributed by atoms with Crippen LogP contribution in [0.3, 0.4) is 0 Å². The molecule has 0 saturated heterocycles. The number of rotatable bonds is 2. The van der Waals surface area contributed by atoms with Crippen molar-refractivity contribution in [3.8, 4) is 5.95 Å². The lowest BCUT2D eigenvalue weighted by atomic mass is 9.91. The summed E-state index contributed by atoms with van der Waals surface area (Å²) in [6.45, 7) is 5.82. The summed E-state index contributed by atoms with van der Waals surface area (Å²) in [5, 5.41) is 9.62. The summed E-state index contributed by atoms with van der Waals surface area (Å²) < 4.78 is 1.66. The van der Waals surface area contributed by atoms with E-state index in [4.69, 9.17) is 0 Å². The molecule has 1 amide bonds. The number of aryl methyl sites for hydroxylation is 3. The van der Waals surface area contributed by atoms with Gasteiger partial charge >= 0.3 is 0 Å². The molecule has 1 unspecified atom stereocenters. The van der Waals surface area contributed by atoms with Gasteiger partial charge in [-0.3, -0.25) is 4.79 Å². The highest BCUT2D eigenvalue weighted by atomic mass is 32.1. The smallest absolute Gasteiger partial charge is 0.252 e. The summed E-state index contributed by atoms with van der Waals surface area (Å²) in [5.41, 5.74) is 3.69. The molecule has 4 rings (SSSR count). The quantitative estimate of drug-likeness (QED) is 0.778. The average Bonchev–Trinajstić information content (AvgIpc) is 3.14. The third-order valence-corrected chi connectivity index (χ3v) is 5.14. The Morgan fingerprint density at radius 1 is 1.25 bits per heavy atom. The molecule has 3 aromatic heterocycles. The molecule has 1 atom stereocenters. The molecule has 24 heavy (non-hydrogen) atoms. The molecule has 7 heteroatoms. The Kier molecular flexibility index (Phi) is 3.45. The highest BCUT2D eigenvalue weighted by Gasteiger charge is 2.33. The number of anilines is 1. The third kappa shape index (κ3) is 2.41. The van der Waals surface area contributed by atoms with E-state index in [-0.39, 0.29) is 11.8 Å². The van der Waals surface area contributed by atoms with E-state index in [2.05, 4.69) is 26.4 Å². The second-order valence-corrected chi connectivity index (χ2v) is 7.01. The molecular weight excluding hydrogens is 322 g/mol. The van der Waals surface area contributed by atoms with Crippen molar-refractivity contribution in [3.63, 3.8) is 0 Å². The van der Waals surface area contributed by atoms with Crippen LogP contribution >= 0.6 is 11.3 Å². The summed E-state index contributed by atoms with van der Waals surface area (Å²) >= 11 is 1.67. The highest BCUT2D eigenvalue weighted by molar-refractivity contribution is 7.10. The molecule has 0 aromatic carbocycles. The lowest BCUT2D eigenvalue weighted by Gasteiger charge is -2.22. The second kappa shape index (κ2) is 5.52. The summed E-state index contributed by atoms with van der Waals surface area (Å²) in [6, 6.07) is 6.00. The molecule has 0 spiro atoms. The van der Waals surface area contributed by atoms with Crippen LogP contribution in [0.25, 0.3) is 5.95 Å². The highest BCUT2D eigenvalue weighted by Crippen LogP contribution is 2.41. The maximum absolute atomic E-state index is 12.3. The minimum Gasteiger partial charge on any atom is -0.310 e. The Labute approximate surface area is 143 Å². The SMILES string of the molecule is Cc1cc(C)nc(-n2nc(C)c3c2NC(=O)CC3c2cccs2)n1. The van der Waals surface area contributed by atoms with E-state index < -0.39 is 0 Å². The van der Waals surface area contributed by atoms with Gasteiger partial charge in [0.1, 0.15) is 5.82 Å². The van der Waals surface area contributed by atoms with Gasteiger partial charge in [0, 0.05) is 34.2 Å². The van der Waals surface area contributed by atoms with Crippen LogP contribution in [0.2, 0.25) is 0 Å². The first-order valence-corrected chi connectivity index (χ1v) is 8.66. The van der Waals surface area contributed by atoms with Crippen molar-refractivity contribution in [2.24, 2.45) is 0 Å². The van der Waals surface area contributed by atoms with E-state index in [1.807, 2.05) is 38.3 Å². The Hall–Kier alpha value is -2.54. The zero-order valence-electron chi connectivity index (χ0n) is 13.7. The number of nitrogens with zero attached hydrogens (tertiary/aromatic N) is 4. The zero-order chi connectivity index (χ0) is 16.8. The lowest BCUT2D eigenvalue weighted by Crippen LogP contribution is -2.25. The number of amides is 1. The van der Waals surface area contributed by atoms with Gasteiger partial charge in [-0.1, -0.05) is 6.07 Å². The molecule has 4 heterocycles. The van der Waals surface area contributed by atoms with Crippen LogP contribution in [0.1, 0.15) is 39.9 Å². The number of nitrogens with one attached hydrogen (secondary N) is 1. The monoisotopic (exact) mass is 339 g/mol. The molecule has 6 nitrogen and oxygen atoms in total. The van der Waals surface area contributed by atoms with Crippen molar-refractivity contribution in [2.45, 2.75) is 33.1 Å². The number of thiophene rings is 1. The van der Waals surface area contributed by atoms with E-state index in [9.17, 15) is 4.79 Å². The Balaban J connectivity index is 1.91. The van der Waals surface area contributed by atoms with Gasteiger partial charge in [-0.25, -0.2) is 9.97 Å². The summed E-state index contributed by atoms with van der Waals surface area (Å²) in [4.78, 5) is 22.4. The van der Waals surface area contributed by atoms with Gasteiger partial charge in [-0.2, -0.15) is 9.78 Å². The van der Waals surface area contributed by atoms with Crippen LogP contribution in [0.4, 0.5) is 5.82 Å². The largest absolute Gasteiger partial charge is 0.310 e. The van der Waals surface area contributed by atoms with Crippen LogP contribution in [0, 0.1) is 20.8 Å². The molecule has 0 radical (unpaired) electrons. The summed E-state index contributed by atoms with van der Waals surface area (Å²) in [6.07, 6.45) is 0.438. The minimum atomic E-state index is -0.00794. The topological polar surface area (TPSA) is 72.7 Å². The molecule has 0 saturated carbocycles. The van der Waals surface area contributed by atoms with Gasteiger partial charge in [0.25, 0.3) is 5.95 Å². The minimum absolute atomic E-state index is 0.00794. The van der Waals surface area contributed by atoms with E-state index in [0.717, 1.165) is 22.6 Å². The number of carbonyl (C=O) groups is 1. The van der Waals surface area contributed by atoms with Crippen molar-refractivity contribution >= 4 is 23.1 Å². The van der Waals surface area contributed by atoms with Crippen LogP contribution in [-0.2, 0) is 4.79 Å². The Morgan fingerprint density at radius 2 is 2.00 bits per heavy atom. The van der Waals surface area contributed by atoms with Crippen LogP contribution < -0.4 is 5.32 Å². The van der Waals surface area contributed by atoms with Gasteiger partial charge in [0.05, 0.1) is 5.69 Å². The maximum Gasteiger partial charge on any atom is 0.252 e. The predicted octanol–water partition coefficient (Wildman–Crippen LogP) is 3.12. The van der Waals surface area contributed by atoms with Gasteiger partial charge in [-0.05, 0) is 38.3 Å². The normalized spacial score (nSPS) is 16.8. The molecular formula is C17H17N5OS. The fourth-order valence-electron chi connectivity index (χ4n) is 3.23. The van der Waals surface area contributed by atoms with Crippen molar-refractivity contribution in [2.75, 3.05) is 5.32 Å². The van der Waals surface area contributed by atoms with Gasteiger partial charge < -0.3 is 5.32 Å². The van der Waals surface area contributed by atoms with Crippen molar-refractivity contribution in [1.29, 1.82) is 0 Å². The number of aromatic nitrogens is 4. The summed E-state index contributed by atoms with van der Waals surface area (Å²) in [5.74, 6) is 1.20. The molecule has 3 aromatic rings. The molecule has 122 valence electrons. The van der Waals surface area contributed by atoms with Gasteiger partial charge in [0.15, 0.2) is 0 Å². The van der Waals surface area contributed by atoms with Gasteiger partial charge in [-0.15, -0.1) is 11.3 Å². The van der Waals surface area contributed by atoms with Crippen molar-refractivity contribution in [3.05, 3.63) is 51.1 Å². The Morgan fingerprint density at radius 3 is 2.67 bits per heavy atom. The predicted molar refractivity (Wildman–Crippen MR) is 92.8 cm³/mol. The first kappa shape index (κ1) is 15.0. The Bertz CT molecular complexity index is 909. The van der Waals surface area contributed by atoms with Crippen LogP contribution in [0.5, 0.6) is 0 Å². The number of carbonyl (C=O) groups excluding carboxylic acids is 1. The first-order chi connectivity index (χ1) is 11.5. The molecule has 1 N–H and O–H groups in total. The fourth-order valence-corrected chi connectivity index (χ4v) is 4.06. The third-order valence-electron chi connectivity index (χ3n) is 4.15. The number of hydrogen-bond donors (Lipinski definition) is 1. The average molecular weight is 339 g/mol. The molecule has 0 bridgehead atoms. The van der Waals surface area contributed by atoms with Gasteiger partial charge in [0.2, 0.25) is 5.91 Å². The standard InChI is InChI=1S/C17H17N5OS/c1-9-7-10(2)19-17(18-9)22-16-15(11(3)21-22)12(8-14(23)20-16)13-5-4-6-24-13/h4-7,12H,8H2,1-3H3,(H,20,23). The van der Waals surface area contributed by atoms with E-state index in [1.165, 1.54) is 4.88 Å². The van der Waals surface area contributed by atoms with E-state index >= 15 is 0 Å². The van der Waals surface area contributed by atoms with Crippen LogP contribution in [-0.4, -0.2) is 25.7 Å². The first-order valence-electron chi connectivity index (χ1n) is 7.78. The molecule has 0 aliphatic carbocycles. The van der Waals surface area contributed by atoms with E-state index in [1.54, 1.807) is 16.0 Å². The number of fused-ring (bicyclic) bond motifs is 1.